The lowest BCUT2D eigenvalue weighted by molar-refractivity contribution is 0.0602. The van der Waals surface area contributed by atoms with E-state index >= 15 is 0 Å². The Balaban J connectivity index is 2.53. The second kappa shape index (κ2) is 4.55. The normalized spacial score (nSPS) is 10.2. The molecule has 88 valence electrons. The second-order valence-electron chi connectivity index (χ2n) is 3.51. The van der Waals surface area contributed by atoms with Crippen molar-refractivity contribution in [3.8, 4) is 11.3 Å². The number of para-hydroxylation sites is 1. The van der Waals surface area contributed by atoms with E-state index in [0.717, 1.165) is 16.3 Å². The van der Waals surface area contributed by atoms with Gasteiger partial charge in [-0.2, -0.15) is 0 Å². The van der Waals surface area contributed by atoms with Gasteiger partial charge < -0.3 is 10.5 Å². The molecule has 0 bridgehead atoms. The molecule has 0 saturated carbocycles. The van der Waals surface area contributed by atoms with E-state index in [4.69, 9.17) is 5.73 Å². The number of esters is 1. The molecule has 0 radical (unpaired) electrons. The summed E-state index contributed by atoms with van der Waals surface area (Å²) in [7, 11) is 1.33. The van der Waals surface area contributed by atoms with Crippen LogP contribution in [0.1, 0.15) is 15.4 Å². The van der Waals surface area contributed by atoms with Gasteiger partial charge in [-0.15, -0.1) is 11.3 Å². The van der Waals surface area contributed by atoms with Gasteiger partial charge in [0, 0.05) is 10.9 Å². The van der Waals surface area contributed by atoms with Gasteiger partial charge in [-0.25, -0.2) is 9.78 Å². The number of ether oxygens (including phenoxy) is 1. The summed E-state index contributed by atoms with van der Waals surface area (Å²) in [4.78, 5) is 15.9. The first-order valence-electron chi connectivity index (χ1n) is 5.02. The van der Waals surface area contributed by atoms with Crippen molar-refractivity contribution in [3.05, 3.63) is 34.2 Å². The zero-order chi connectivity index (χ0) is 12.4. The van der Waals surface area contributed by atoms with Crippen molar-refractivity contribution in [2.24, 2.45) is 0 Å². The number of nitrogens with zero attached hydrogens (tertiary/aromatic N) is 1. The minimum absolute atomic E-state index is 0.371. The molecule has 0 aliphatic heterocycles. The molecule has 0 aliphatic rings. The lowest BCUT2D eigenvalue weighted by Crippen LogP contribution is -2.06. The number of aromatic nitrogens is 1. The standard InChI is InChI=1S/C12H12N2O2S/c1-7-14-10(6-17-7)8-4-3-5-9(11(8)13)12(15)16-2/h3-6H,13H2,1-2H3. The number of anilines is 1. The smallest absolute Gasteiger partial charge is 0.339 e. The van der Waals surface area contributed by atoms with E-state index in [1.165, 1.54) is 7.11 Å². The van der Waals surface area contributed by atoms with E-state index in [0.29, 0.717) is 11.3 Å². The molecule has 1 aromatic heterocycles. The van der Waals surface area contributed by atoms with E-state index < -0.39 is 5.97 Å². The summed E-state index contributed by atoms with van der Waals surface area (Å²) in [5, 5.41) is 2.88. The highest BCUT2D eigenvalue weighted by Crippen LogP contribution is 2.29. The molecule has 0 saturated heterocycles. The Morgan fingerprint density at radius 1 is 1.47 bits per heavy atom. The third-order valence-corrected chi connectivity index (χ3v) is 3.18. The second-order valence-corrected chi connectivity index (χ2v) is 4.57. The number of methoxy groups -OCH3 is 1. The number of nitrogen functional groups attached to an aromatic ring is 1. The Hall–Kier alpha value is -1.88. The van der Waals surface area contributed by atoms with Crippen LogP contribution in [0.5, 0.6) is 0 Å². The maximum atomic E-state index is 11.5. The molecule has 0 atom stereocenters. The number of benzene rings is 1. The van der Waals surface area contributed by atoms with Crippen LogP contribution in [0.25, 0.3) is 11.3 Å². The first kappa shape index (κ1) is 11.6. The van der Waals surface area contributed by atoms with Gasteiger partial charge in [-0.3, -0.25) is 0 Å². The van der Waals surface area contributed by atoms with Gasteiger partial charge in [-0.05, 0) is 13.0 Å². The lowest BCUT2D eigenvalue weighted by Gasteiger charge is -2.07. The van der Waals surface area contributed by atoms with Gasteiger partial charge in [-0.1, -0.05) is 12.1 Å². The maximum absolute atomic E-state index is 11.5. The monoisotopic (exact) mass is 248 g/mol. The molecular weight excluding hydrogens is 236 g/mol. The Bertz CT molecular complexity index is 563. The van der Waals surface area contributed by atoms with Gasteiger partial charge in [0.15, 0.2) is 0 Å². The quantitative estimate of drug-likeness (QED) is 0.655. The molecule has 0 spiro atoms. The number of carbonyl (C=O) groups is 1. The zero-order valence-electron chi connectivity index (χ0n) is 9.56. The van der Waals surface area contributed by atoms with Crippen LogP contribution in [0.15, 0.2) is 23.6 Å². The number of hydrogen-bond donors (Lipinski definition) is 1. The van der Waals surface area contributed by atoms with Crippen LogP contribution in [-0.4, -0.2) is 18.1 Å². The molecule has 2 N–H and O–H groups in total. The van der Waals surface area contributed by atoms with E-state index in [1.807, 2.05) is 18.4 Å². The van der Waals surface area contributed by atoms with Crippen molar-refractivity contribution in [2.75, 3.05) is 12.8 Å². The van der Waals surface area contributed by atoms with Gasteiger partial charge in [0.05, 0.1) is 29.1 Å². The number of hydrogen-bond acceptors (Lipinski definition) is 5. The van der Waals surface area contributed by atoms with Crippen molar-refractivity contribution >= 4 is 23.0 Å². The summed E-state index contributed by atoms with van der Waals surface area (Å²) in [6, 6.07) is 5.26. The molecule has 0 unspecified atom stereocenters. The first-order chi connectivity index (χ1) is 8.13. The third-order valence-electron chi connectivity index (χ3n) is 2.41. The van der Waals surface area contributed by atoms with Gasteiger partial charge >= 0.3 is 5.97 Å². The molecule has 2 rings (SSSR count). The number of aryl methyl sites for hydroxylation is 1. The van der Waals surface area contributed by atoms with Gasteiger partial charge in [0.2, 0.25) is 0 Å². The number of carbonyl (C=O) groups excluding carboxylic acids is 1. The zero-order valence-corrected chi connectivity index (χ0v) is 10.4. The average Bonchev–Trinajstić information content (AvgIpc) is 2.75. The van der Waals surface area contributed by atoms with Crippen molar-refractivity contribution in [2.45, 2.75) is 6.92 Å². The SMILES string of the molecule is COC(=O)c1cccc(-c2csc(C)n2)c1N. The van der Waals surface area contributed by atoms with Crippen LogP contribution in [0.4, 0.5) is 5.69 Å². The summed E-state index contributed by atoms with van der Waals surface area (Å²) in [6.45, 7) is 1.93. The summed E-state index contributed by atoms with van der Waals surface area (Å²) >= 11 is 1.55. The summed E-state index contributed by atoms with van der Waals surface area (Å²) in [6.07, 6.45) is 0. The van der Waals surface area contributed by atoms with Crippen LogP contribution in [-0.2, 0) is 4.74 Å². The average molecular weight is 248 g/mol. The Morgan fingerprint density at radius 2 is 2.24 bits per heavy atom. The number of nitrogens with two attached hydrogens (primary N) is 1. The van der Waals surface area contributed by atoms with E-state index in [1.54, 1.807) is 23.5 Å². The molecule has 0 fully saturated rings. The molecule has 1 aromatic carbocycles. The van der Waals surface area contributed by atoms with Crippen molar-refractivity contribution in [1.82, 2.24) is 4.98 Å². The summed E-state index contributed by atoms with van der Waals surface area (Å²) in [5.41, 5.74) is 8.29. The van der Waals surface area contributed by atoms with Gasteiger partial charge in [0.25, 0.3) is 0 Å². The third kappa shape index (κ3) is 2.14. The molecule has 17 heavy (non-hydrogen) atoms. The topological polar surface area (TPSA) is 65.2 Å². The molecule has 0 amide bonds. The van der Waals surface area contributed by atoms with Crippen molar-refractivity contribution in [3.63, 3.8) is 0 Å². The molecule has 0 aliphatic carbocycles. The predicted molar refractivity (Wildman–Crippen MR) is 68.0 cm³/mol. The van der Waals surface area contributed by atoms with Crippen LogP contribution < -0.4 is 5.73 Å². The number of rotatable bonds is 2. The van der Waals surface area contributed by atoms with Crippen LogP contribution in [0.2, 0.25) is 0 Å². The fourth-order valence-corrected chi connectivity index (χ4v) is 2.18. The molecule has 4 nitrogen and oxygen atoms in total. The Morgan fingerprint density at radius 3 is 2.82 bits per heavy atom. The summed E-state index contributed by atoms with van der Waals surface area (Å²) in [5.74, 6) is -0.434. The highest BCUT2D eigenvalue weighted by Gasteiger charge is 2.14. The summed E-state index contributed by atoms with van der Waals surface area (Å²) < 4.78 is 4.68. The molecule has 5 heteroatoms. The fourth-order valence-electron chi connectivity index (χ4n) is 1.56. The van der Waals surface area contributed by atoms with E-state index in [2.05, 4.69) is 9.72 Å². The fraction of sp³-hybridized carbons (Fsp3) is 0.167. The van der Waals surface area contributed by atoms with E-state index in [9.17, 15) is 4.79 Å². The molecule has 2 aromatic rings. The maximum Gasteiger partial charge on any atom is 0.339 e. The largest absolute Gasteiger partial charge is 0.465 e. The number of thiazole rings is 1. The minimum atomic E-state index is -0.434. The predicted octanol–water partition coefficient (Wildman–Crippen LogP) is 2.49. The highest BCUT2D eigenvalue weighted by molar-refractivity contribution is 7.09. The Kier molecular flexibility index (Phi) is 3.10. The minimum Gasteiger partial charge on any atom is -0.465 e. The van der Waals surface area contributed by atoms with Crippen LogP contribution >= 0.6 is 11.3 Å². The Labute approximate surface area is 103 Å². The van der Waals surface area contributed by atoms with Crippen LogP contribution in [0, 0.1) is 6.92 Å². The van der Waals surface area contributed by atoms with Crippen molar-refractivity contribution < 1.29 is 9.53 Å². The van der Waals surface area contributed by atoms with E-state index in [-0.39, 0.29) is 0 Å². The molecule has 1 heterocycles. The van der Waals surface area contributed by atoms with Crippen LogP contribution in [0.3, 0.4) is 0 Å². The van der Waals surface area contributed by atoms with Crippen molar-refractivity contribution in [1.29, 1.82) is 0 Å². The molecular formula is C12H12N2O2S. The lowest BCUT2D eigenvalue weighted by atomic mass is 10.1. The van der Waals surface area contributed by atoms with Gasteiger partial charge in [0.1, 0.15) is 0 Å². The first-order valence-corrected chi connectivity index (χ1v) is 5.90. The highest BCUT2D eigenvalue weighted by atomic mass is 32.1.